The number of esters is 1. The average molecular weight is 189 g/mol. The molecule has 0 rings (SSSR count). The molecule has 0 heterocycles. The Labute approximate surface area is 79.1 Å². The lowest BCUT2D eigenvalue weighted by atomic mass is 10.0. The molecule has 0 aromatic carbocycles. The van der Waals surface area contributed by atoms with Crippen LogP contribution in [0.3, 0.4) is 0 Å². The lowest BCUT2D eigenvalue weighted by Crippen LogP contribution is -2.43. The van der Waals surface area contributed by atoms with Gasteiger partial charge in [0.05, 0.1) is 13.0 Å². The fourth-order valence-electron chi connectivity index (χ4n) is 0.763. The summed E-state index contributed by atoms with van der Waals surface area (Å²) in [5, 5.41) is 8.81. The summed E-state index contributed by atoms with van der Waals surface area (Å²) in [5.41, 5.74) is 4.20. The Morgan fingerprint density at radius 1 is 1.38 bits per heavy atom. The topological polar surface area (TPSA) is 72.5 Å². The van der Waals surface area contributed by atoms with E-state index >= 15 is 0 Å². The van der Waals surface area contributed by atoms with Crippen LogP contribution in [-0.4, -0.2) is 28.8 Å². The van der Waals surface area contributed by atoms with Crippen molar-refractivity contribution in [1.29, 1.82) is 0 Å². The molecule has 4 nitrogen and oxygen atoms in total. The number of nitrogens with two attached hydrogens (primary N) is 1. The van der Waals surface area contributed by atoms with Crippen molar-refractivity contribution in [3.63, 3.8) is 0 Å². The summed E-state index contributed by atoms with van der Waals surface area (Å²) in [5.74, 6) is -0.383. The fraction of sp³-hybridized carbons (Fsp3) is 0.889. The molecule has 0 aliphatic heterocycles. The van der Waals surface area contributed by atoms with Crippen LogP contribution in [0.4, 0.5) is 0 Å². The van der Waals surface area contributed by atoms with E-state index in [2.05, 4.69) is 0 Å². The Morgan fingerprint density at radius 3 is 2.15 bits per heavy atom. The molecule has 0 aliphatic rings. The van der Waals surface area contributed by atoms with Gasteiger partial charge in [0.1, 0.15) is 5.60 Å². The summed E-state index contributed by atoms with van der Waals surface area (Å²) in [6.45, 7) is 6.75. The Morgan fingerprint density at radius 2 is 1.85 bits per heavy atom. The molecular formula is C9H19NO3. The Balaban J connectivity index is 4.03. The number of carbonyl (C=O) groups excluding carboxylic acids is 1. The highest BCUT2D eigenvalue weighted by molar-refractivity contribution is 5.71. The summed E-state index contributed by atoms with van der Waals surface area (Å²) in [7, 11) is 0. The summed E-state index contributed by atoms with van der Waals surface area (Å²) >= 11 is 0. The molecule has 1 atom stereocenters. The first-order chi connectivity index (χ1) is 5.66. The van der Waals surface area contributed by atoms with E-state index < -0.39 is 11.1 Å². The third-order valence-corrected chi connectivity index (χ3v) is 1.33. The third-order valence-electron chi connectivity index (χ3n) is 1.33. The number of hydrogen-bond donors (Lipinski definition) is 2. The van der Waals surface area contributed by atoms with Crippen LogP contribution >= 0.6 is 0 Å². The SMILES string of the molecule is CC(N)(CO)CC(=O)OC(C)(C)C. The molecule has 13 heavy (non-hydrogen) atoms. The molecule has 0 fully saturated rings. The second-order valence-corrected chi connectivity index (χ2v) is 4.58. The molecule has 1 unspecified atom stereocenters. The molecule has 4 heteroatoms. The average Bonchev–Trinajstić information content (AvgIpc) is 1.81. The van der Waals surface area contributed by atoms with Crippen LogP contribution in [0, 0.1) is 0 Å². The molecule has 0 spiro atoms. The van der Waals surface area contributed by atoms with E-state index in [-0.39, 0.29) is 19.0 Å². The van der Waals surface area contributed by atoms with E-state index in [4.69, 9.17) is 15.6 Å². The molecule has 0 aromatic rings. The van der Waals surface area contributed by atoms with Crippen molar-refractivity contribution in [2.75, 3.05) is 6.61 Å². The van der Waals surface area contributed by atoms with Gasteiger partial charge in [-0.05, 0) is 27.7 Å². The van der Waals surface area contributed by atoms with Crippen LogP contribution in [0.15, 0.2) is 0 Å². The fourth-order valence-corrected chi connectivity index (χ4v) is 0.763. The number of aliphatic hydroxyl groups is 1. The van der Waals surface area contributed by atoms with Crippen molar-refractivity contribution in [1.82, 2.24) is 0 Å². The molecule has 0 radical (unpaired) electrons. The number of carbonyl (C=O) groups is 1. The maximum absolute atomic E-state index is 11.2. The molecular weight excluding hydrogens is 170 g/mol. The number of rotatable bonds is 3. The van der Waals surface area contributed by atoms with Gasteiger partial charge in [0.2, 0.25) is 0 Å². The minimum Gasteiger partial charge on any atom is -0.460 e. The van der Waals surface area contributed by atoms with Crippen molar-refractivity contribution < 1.29 is 14.6 Å². The molecule has 0 saturated carbocycles. The van der Waals surface area contributed by atoms with Crippen LogP contribution < -0.4 is 5.73 Å². The first-order valence-corrected chi connectivity index (χ1v) is 4.28. The maximum Gasteiger partial charge on any atom is 0.308 e. The van der Waals surface area contributed by atoms with Crippen molar-refractivity contribution in [2.24, 2.45) is 5.73 Å². The summed E-state index contributed by atoms with van der Waals surface area (Å²) in [4.78, 5) is 11.2. The first-order valence-electron chi connectivity index (χ1n) is 4.28. The van der Waals surface area contributed by atoms with Crippen LogP contribution in [-0.2, 0) is 9.53 Å². The van der Waals surface area contributed by atoms with Crippen LogP contribution in [0.25, 0.3) is 0 Å². The molecule has 0 amide bonds. The highest BCUT2D eigenvalue weighted by atomic mass is 16.6. The van der Waals surface area contributed by atoms with Crippen molar-refractivity contribution >= 4 is 5.97 Å². The van der Waals surface area contributed by atoms with Gasteiger partial charge in [-0.3, -0.25) is 4.79 Å². The first kappa shape index (κ1) is 12.4. The summed E-state index contributed by atoms with van der Waals surface area (Å²) in [6, 6.07) is 0. The second kappa shape index (κ2) is 4.07. The zero-order chi connectivity index (χ0) is 10.7. The Hall–Kier alpha value is -0.610. The van der Waals surface area contributed by atoms with Crippen LogP contribution in [0.2, 0.25) is 0 Å². The van der Waals surface area contributed by atoms with Gasteiger partial charge in [-0.1, -0.05) is 0 Å². The van der Waals surface area contributed by atoms with E-state index in [1.807, 2.05) is 0 Å². The zero-order valence-electron chi connectivity index (χ0n) is 8.76. The molecule has 0 saturated heterocycles. The number of hydrogen-bond acceptors (Lipinski definition) is 4. The minimum atomic E-state index is -0.887. The highest BCUT2D eigenvalue weighted by Gasteiger charge is 2.25. The van der Waals surface area contributed by atoms with Gasteiger partial charge in [-0.15, -0.1) is 0 Å². The van der Waals surface area contributed by atoms with E-state index in [1.54, 1.807) is 27.7 Å². The minimum absolute atomic E-state index is 0.0285. The van der Waals surface area contributed by atoms with Crippen LogP contribution in [0.1, 0.15) is 34.1 Å². The van der Waals surface area contributed by atoms with Crippen molar-refractivity contribution in [3.8, 4) is 0 Å². The largest absolute Gasteiger partial charge is 0.460 e. The lowest BCUT2D eigenvalue weighted by molar-refractivity contribution is -0.156. The number of ether oxygens (including phenoxy) is 1. The smallest absolute Gasteiger partial charge is 0.308 e. The Bertz CT molecular complexity index is 182. The summed E-state index contributed by atoms with van der Waals surface area (Å²) in [6.07, 6.45) is 0.0285. The van der Waals surface area contributed by atoms with Crippen molar-refractivity contribution in [2.45, 2.75) is 45.3 Å². The Kier molecular flexibility index (Phi) is 3.88. The van der Waals surface area contributed by atoms with Gasteiger partial charge < -0.3 is 15.6 Å². The van der Waals surface area contributed by atoms with E-state index in [9.17, 15) is 4.79 Å². The van der Waals surface area contributed by atoms with Crippen LogP contribution in [0.5, 0.6) is 0 Å². The number of aliphatic hydroxyl groups excluding tert-OH is 1. The van der Waals surface area contributed by atoms with Gasteiger partial charge in [-0.2, -0.15) is 0 Å². The van der Waals surface area contributed by atoms with Crippen molar-refractivity contribution in [3.05, 3.63) is 0 Å². The van der Waals surface area contributed by atoms with Gasteiger partial charge in [0, 0.05) is 5.54 Å². The summed E-state index contributed by atoms with van der Waals surface area (Å²) < 4.78 is 5.05. The third kappa shape index (κ3) is 6.54. The highest BCUT2D eigenvalue weighted by Crippen LogP contribution is 2.12. The zero-order valence-corrected chi connectivity index (χ0v) is 8.76. The van der Waals surface area contributed by atoms with E-state index in [0.29, 0.717) is 0 Å². The normalized spacial score (nSPS) is 16.5. The molecule has 0 aromatic heterocycles. The second-order valence-electron chi connectivity index (χ2n) is 4.58. The van der Waals surface area contributed by atoms with Gasteiger partial charge in [-0.25, -0.2) is 0 Å². The molecule has 3 N–H and O–H groups in total. The predicted octanol–water partition coefficient (Wildman–Crippen LogP) is 0.428. The monoisotopic (exact) mass is 189 g/mol. The molecule has 78 valence electrons. The molecule has 0 bridgehead atoms. The maximum atomic E-state index is 11.2. The lowest BCUT2D eigenvalue weighted by Gasteiger charge is -2.24. The predicted molar refractivity (Wildman–Crippen MR) is 50.1 cm³/mol. The quantitative estimate of drug-likeness (QED) is 0.631. The van der Waals surface area contributed by atoms with Gasteiger partial charge >= 0.3 is 5.97 Å². The standard InChI is InChI=1S/C9H19NO3/c1-8(2,3)13-7(12)5-9(4,10)6-11/h11H,5-6,10H2,1-4H3. The van der Waals surface area contributed by atoms with Gasteiger partial charge in [0.15, 0.2) is 0 Å². The van der Waals surface area contributed by atoms with E-state index in [1.165, 1.54) is 0 Å². The van der Waals surface area contributed by atoms with E-state index in [0.717, 1.165) is 0 Å². The molecule has 0 aliphatic carbocycles. The van der Waals surface area contributed by atoms with Gasteiger partial charge in [0.25, 0.3) is 0 Å².